The first-order valence-electron chi connectivity index (χ1n) is 5.70. The second-order valence-corrected chi connectivity index (χ2v) is 6.61. The second kappa shape index (κ2) is 5.66. The summed E-state index contributed by atoms with van der Waals surface area (Å²) < 4.78 is 25.4. The first kappa shape index (κ1) is 14.2. The number of aromatic amines is 1. The van der Waals surface area contributed by atoms with Crippen LogP contribution in [0.2, 0.25) is 0 Å². The van der Waals surface area contributed by atoms with Gasteiger partial charge in [-0.2, -0.15) is 0 Å². The maximum Gasteiger partial charge on any atom is 0.244 e. The largest absolute Gasteiger partial charge is 0.366 e. The molecular weight excluding hydrogens is 238 g/mol. The van der Waals surface area contributed by atoms with Crippen molar-refractivity contribution in [1.82, 2.24) is 9.29 Å². The SMILES string of the molecule is CC(C)C(N)CCN(C)S(=O)(=O)c1cc[nH]c1. The van der Waals surface area contributed by atoms with E-state index >= 15 is 0 Å². The highest BCUT2D eigenvalue weighted by molar-refractivity contribution is 7.89. The van der Waals surface area contributed by atoms with Gasteiger partial charge in [-0.05, 0) is 18.4 Å². The highest BCUT2D eigenvalue weighted by atomic mass is 32.2. The number of nitrogens with zero attached hydrogens (tertiary/aromatic N) is 1. The minimum absolute atomic E-state index is 0.0267. The maximum absolute atomic E-state index is 12.0. The van der Waals surface area contributed by atoms with Crippen molar-refractivity contribution in [3.05, 3.63) is 18.5 Å². The Labute approximate surface area is 103 Å². The van der Waals surface area contributed by atoms with E-state index in [4.69, 9.17) is 5.73 Å². The summed E-state index contributed by atoms with van der Waals surface area (Å²) in [6, 6.07) is 1.58. The Morgan fingerprint density at radius 1 is 1.47 bits per heavy atom. The standard InChI is InChI=1S/C11H21N3O2S/c1-9(2)11(12)5-7-14(3)17(15,16)10-4-6-13-8-10/h4,6,8-9,11,13H,5,7,12H2,1-3H3. The molecule has 0 saturated carbocycles. The predicted octanol–water partition coefficient (Wildman–Crippen LogP) is 1.01. The molecule has 1 atom stereocenters. The summed E-state index contributed by atoms with van der Waals surface area (Å²) in [6.45, 7) is 4.50. The molecule has 0 fully saturated rings. The Balaban J connectivity index is 2.62. The Bertz CT molecular complexity index is 426. The van der Waals surface area contributed by atoms with E-state index in [0.717, 1.165) is 0 Å². The van der Waals surface area contributed by atoms with Gasteiger partial charge in [-0.1, -0.05) is 13.8 Å². The number of H-pyrrole nitrogens is 1. The van der Waals surface area contributed by atoms with Gasteiger partial charge in [0, 0.05) is 32.0 Å². The van der Waals surface area contributed by atoms with Crippen LogP contribution in [0.25, 0.3) is 0 Å². The molecule has 1 aromatic rings. The van der Waals surface area contributed by atoms with Crippen molar-refractivity contribution in [3.8, 4) is 0 Å². The van der Waals surface area contributed by atoms with Gasteiger partial charge < -0.3 is 10.7 Å². The number of rotatable bonds is 6. The third-order valence-corrected chi connectivity index (χ3v) is 4.76. The molecule has 6 heteroatoms. The first-order valence-corrected chi connectivity index (χ1v) is 7.14. The van der Waals surface area contributed by atoms with E-state index in [0.29, 0.717) is 18.9 Å². The summed E-state index contributed by atoms with van der Waals surface area (Å²) in [5.74, 6) is 0.360. The molecule has 0 aliphatic carbocycles. The van der Waals surface area contributed by atoms with Gasteiger partial charge in [0.15, 0.2) is 0 Å². The van der Waals surface area contributed by atoms with Gasteiger partial charge in [0.25, 0.3) is 0 Å². The van der Waals surface area contributed by atoms with Crippen LogP contribution in [0, 0.1) is 5.92 Å². The van der Waals surface area contributed by atoms with Crippen LogP contribution in [0.15, 0.2) is 23.4 Å². The van der Waals surface area contributed by atoms with Crippen LogP contribution < -0.4 is 5.73 Å². The number of nitrogens with one attached hydrogen (secondary N) is 1. The molecule has 1 unspecified atom stereocenters. The maximum atomic E-state index is 12.0. The fourth-order valence-corrected chi connectivity index (χ4v) is 2.60. The van der Waals surface area contributed by atoms with Crippen molar-refractivity contribution in [2.45, 2.75) is 31.2 Å². The summed E-state index contributed by atoms with van der Waals surface area (Å²) in [6.07, 6.45) is 3.74. The van der Waals surface area contributed by atoms with Crippen molar-refractivity contribution in [2.24, 2.45) is 11.7 Å². The highest BCUT2D eigenvalue weighted by Gasteiger charge is 2.21. The fraction of sp³-hybridized carbons (Fsp3) is 0.636. The molecule has 1 aromatic heterocycles. The van der Waals surface area contributed by atoms with Gasteiger partial charge in [-0.25, -0.2) is 12.7 Å². The van der Waals surface area contributed by atoms with E-state index in [1.165, 1.54) is 10.5 Å². The number of hydrogen-bond acceptors (Lipinski definition) is 3. The van der Waals surface area contributed by atoms with Crippen LogP contribution >= 0.6 is 0 Å². The van der Waals surface area contributed by atoms with E-state index in [9.17, 15) is 8.42 Å². The number of hydrogen-bond donors (Lipinski definition) is 2. The lowest BCUT2D eigenvalue weighted by atomic mass is 10.0. The minimum Gasteiger partial charge on any atom is -0.366 e. The molecule has 98 valence electrons. The molecule has 0 aromatic carbocycles. The lowest BCUT2D eigenvalue weighted by Gasteiger charge is -2.20. The van der Waals surface area contributed by atoms with E-state index < -0.39 is 10.0 Å². The minimum atomic E-state index is -3.37. The van der Waals surface area contributed by atoms with E-state index in [1.54, 1.807) is 19.3 Å². The quantitative estimate of drug-likeness (QED) is 0.800. The summed E-state index contributed by atoms with van der Waals surface area (Å²) in [5.41, 5.74) is 5.90. The zero-order chi connectivity index (χ0) is 13.1. The van der Waals surface area contributed by atoms with Gasteiger partial charge in [-0.3, -0.25) is 0 Å². The predicted molar refractivity (Wildman–Crippen MR) is 68.0 cm³/mol. The third kappa shape index (κ3) is 3.55. The Morgan fingerprint density at radius 2 is 2.12 bits per heavy atom. The Kier molecular flexibility index (Phi) is 4.73. The zero-order valence-corrected chi connectivity index (χ0v) is 11.4. The fourth-order valence-electron chi connectivity index (χ4n) is 1.43. The third-order valence-electron chi connectivity index (χ3n) is 2.91. The van der Waals surface area contributed by atoms with Crippen LogP contribution in [0.1, 0.15) is 20.3 Å². The average molecular weight is 259 g/mol. The highest BCUT2D eigenvalue weighted by Crippen LogP contribution is 2.14. The summed E-state index contributed by atoms with van der Waals surface area (Å²) >= 11 is 0. The molecule has 1 rings (SSSR count). The summed E-state index contributed by atoms with van der Waals surface area (Å²) in [5, 5.41) is 0. The lowest BCUT2D eigenvalue weighted by Crippen LogP contribution is -2.34. The van der Waals surface area contributed by atoms with Gasteiger partial charge >= 0.3 is 0 Å². The number of sulfonamides is 1. The van der Waals surface area contributed by atoms with Gasteiger partial charge in [0.1, 0.15) is 0 Å². The van der Waals surface area contributed by atoms with Crippen molar-refractivity contribution >= 4 is 10.0 Å². The molecule has 17 heavy (non-hydrogen) atoms. The smallest absolute Gasteiger partial charge is 0.244 e. The molecule has 0 aliphatic heterocycles. The molecule has 0 amide bonds. The topological polar surface area (TPSA) is 79.2 Å². The van der Waals surface area contributed by atoms with Crippen LogP contribution in [0.3, 0.4) is 0 Å². The monoisotopic (exact) mass is 259 g/mol. The van der Waals surface area contributed by atoms with E-state index in [2.05, 4.69) is 4.98 Å². The molecule has 5 nitrogen and oxygen atoms in total. The Morgan fingerprint density at radius 3 is 2.59 bits per heavy atom. The summed E-state index contributed by atoms with van der Waals surface area (Å²) in [4.78, 5) is 3.03. The number of nitrogens with two attached hydrogens (primary N) is 1. The van der Waals surface area contributed by atoms with Crippen molar-refractivity contribution in [2.75, 3.05) is 13.6 Å². The van der Waals surface area contributed by atoms with Gasteiger partial charge in [-0.15, -0.1) is 0 Å². The summed E-state index contributed by atoms with van der Waals surface area (Å²) in [7, 11) is -1.79. The van der Waals surface area contributed by atoms with E-state index in [-0.39, 0.29) is 10.9 Å². The second-order valence-electron chi connectivity index (χ2n) is 4.57. The number of aromatic nitrogens is 1. The lowest BCUT2D eigenvalue weighted by molar-refractivity contribution is 0.397. The van der Waals surface area contributed by atoms with Crippen LogP contribution in [0.4, 0.5) is 0 Å². The molecule has 0 bridgehead atoms. The van der Waals surface area contributed by atoms with Crippen LogP contribution in [-0.2, 0) is 10.0 Å². The average Bonchev–Trinajstić information content (AvgIpc) is 2.78. The van der Waals surface area contributed by atoms with Crippen LogP contribution in [0.5, 0.6) is 0 Å². The molecule has 0 saturated heterocycles. The molecule has 0 spiro atoms. The van der Waals surface area contributed by atoms with Crippen molar-refractivity contribution in [1.29, 1.82) is 0 Å². The molecular formula is C11H21N3O2S. The Hall–Kier alpha value is -0.850. The zero-order valence-electron chi connectivity index (χ0n) is 10.6. The first-order chi connectivity index (χ1) is 7.85. The van der Waals surface area contributed by atoms with Gasteiger partial charge in [0.05, 0.1) is 4.90 Å². The molecule has 0 radical (unpaired) electrons. The van der Waals surface area contributed by atoms with Crippen molar-refractivity contribution in [3.63, 3.8) is 0 Å². The van der Waals surface area contributed by atoms with Gasteiger partial charge in [0.2, 0.25) is 10.0 Å². The molecule has 3 N–H and O–H groups in total. The van der Waals surface area contributed by atoms with Crippen molar-refractivity contribution < 1.29 is 8.42 Å². The van der Waals surface area contributed by atoms with E-state index in [1.807, 2.05) is 13.8 Å². The molecule has 0 aliphatic rings. The molecule has 1 heterocycles. The normalized spacial score (nSPS) is 14.5. The van der Waals surface area contributed by atoms with Crippen LogP contribution in [-0.4, -0.2) is 37.3 Å².